The van der Waals surface area contributed by atoms with Crippen LogP contribution in [0.5, 0.6) is 5.75 Å². The number of ether oxygens (including phenoxy) is 2. The Hall–Kier alpha value is -2.30. The van der Waals surface area contributed by atoms with Crippen molar-refractivity contribution >= 4 is 18.0 Å². The third-order valence-electron chi connectivity index (χ3n) is 2.83. The van der Waals surface area contributed by atoms with Crippen LogP contribution in [0.3, 0.4) is 0 Å². The molecule has 0 unspecified atom stereocenters. The first kappa shape index (κ1) is 17.8. The highest BCUT2D eigenvalue weighted by Gasteiger charge is 2.11. The van der Waals surface area contributed by atoms with E-state index < -0.39 is 5.97 Å². The second-order valence-corrected chi connectivity index (χ2v) is 4.72. The third kappa shape index (κ3) is 5.99. The molecule has 0 spiro atoms. The minimum absolute atomic E-state index is 0.0645. The molecule has 0 aliphatic carbocycles. The van der Waals surface area contributed by atoms with Gasteiger partial charge in [0.1, 0.15) is 12.3 Å². The Kier molecular flexibility index (Phi) is 7.75. The van der Waals surface area contributed by atoms with Crippen LogP contribution in [-0.2, 0) is 14.3 Å². The van der Waals surface area contributed by atoms with Gasteiger partial charge in [-0.2, -0.15) is 0 Å². The highest BCUT2D eigenvalue weighted by Crippen LogP contribution is 2.19. The van der Waals surface area contributed by atoms with Crippen molar-refractivity contribution < 1.29 is 19.1 Å². The highest BCUT2D eigenvalue weighted by atomic mass is 16.5. The number of likely N-dealkylation sites (N-methyl/N-ethyl adjacent to an activating group) is 1. The fourth-order valence-electron chi connectivity index (χ4n) is 1.73. The monoisotopic (exact) mass is 305 g/mol. The molecule has 22 heavy (non-hydrogen) atoms. The number of nitrogens with zero attached hydrogens (tertiary/aromatic N) is 1. The quantitative estimate of drug-likeness (QED) is 0.547. The molecule has 0 saturated heterocycles. The summed E-state index contributed by atoms with van der Waals surface area (Å²) in [6, 6.07) is 7.50. The molecule has 120 valence electrons. The summed E-state index contributed by atoms with van der Waals surface area (Å²) in [5, 5.41) is 0. The van der Waals surface area contributed by atoms with Gasteiger partial charge >= 0.3 is 5.97 Å². The van der Waals surface area contributed by atoms with E-state index in [0.717, 1.165) is 17.7 Å². The Morgan fingerprint density at radius 3 is 2.64 bits per heavy atom. The van der Waals surface area contributed by atoms with E-state index in [9.17, 15) is 9.59 Å². The number of amides is 1. The molecule has 0 N–H and O–H groups in total. The van der Waals surface area contributed by atoms with Gasteiger partial charge in [-0.1, -0.05) is 25.1 Å². The Labute approximate surface area is 131 Å². The molecule has 0 fully saturated rings. The first-order valence-corrected chi connectivity index (χ1v) is 7.39. The molecule has 0 aromatic heterocycles. The number of para-hydroxylation sites is 1. The van der Waals surface area contributed by atoms with E-state index in [1.807, 2.05) is 31.2 Å². The van der Waals surface area contributed by atoms with E-state index in [-0.39, 0.29) is 12.5 Å². The lowest BCUT2D eigenvalue weighted by Crippen LogP contribution is -2.31. The number of esters is 1. The van der Waals surface area contributed by atoms with Gasteiger partial charge in [0.05, 0.1) is 13.2 Å². The average Bonchev–Trinajstić information content (AvgIpc) is 2.51. The number of benzene rings is 1. The normalized spacial score (nSPS) is 10.5. The summed E-state index contributed by atoms with van der Waals surface area (Å²) < 4.78 is 10.4. The number of hydrogen-bond acceptors (Lipinski definition) is 4. The molecule has 0 heterocycles. The second kappa shape index (κ2) is 9.60. The van der Waals surface area contributed by atoms with Crippen molar-refractivity contribution in [1.29, 1.82) is 0 Å². The Morgan fingerprint density at radius 2 is 1.95 bits per heavy atom. The second-order valence-electron chi connectivity index (χ2n) is 4.72. The van der Waals surface area contributed by atoms with Gasteiger partial charge in [-0.15, -0.1) is 0 Å². The average molecular weight is 305 g/mol. The van der Waals surface area contributed by atoms with Crippen molar-refractivity contribution in [1.82, 2.24) is 4.90 Å². The molecule has 0 radical (unpaired) electrons. The topological polar surface area (TPSA) is 55.8 Å². The number of rotatable bonds is 8. The van der Waals surface area contributed by atoms with Crippen LogP contribution in [0.25, 0.3) is 6.08 Å². The summed E-state index contributed by atoms with van der Waals surface area (Å²) in [7, 11) is 1.56. The summed E-state index contributed by atoms with van der Waals surface area (Å²) in [6.07, 6.45) is 4.03. The van der Waals surface area contributed by atoms with Crippen LogP contribution in [-0.4, -0.2) is 43.6 Å². The zero-order valence-electron chi connectivity index (χ0n) is 13.4. The summed E-state index contributed by atoms with van der Waals surface area (Å²) in [4.78, 5) is 24.6. The molecule has 5 nitrogen and oxygen atoms in total. The largest absolute Gasteiger partial charge is 0.493 e. The van der Waals surface area contributed by atoms with Gasteiger partial charge in [-0.25, -0.2) is 0 Å². The van der Waals surface area contributed by atoms with E-state index in [0.29, 0.717) is 13.2 Å². The van der Waals surface area contributed by atoms with Crippen LogP contribution in [0.4, 0.5) is 0 Å². The molecule has 0 aliphatic rings. The fourth-order valence-corrected chi connectivity index (χ4v) is 1.73. The van der Waals surface area contributed by atoms with Gasteiger partial charge in [-0.3, -0.25) is 9.59 Å². The van der Waals surface area contributed by atoms with E-state index in [4.69, 9.17) is 9.47 Å². The van der Waals surface area contributed by atoms with Crippen molar-refractivity contribution in [2.24, 2.45) is 0 Å². The van der Waals surface area contributed by atoms with Crippen LogP contribution in [0, 0.1) is 0 Å². The maximum Gasteiger partial charge on any atom is 0.325 e. The first-order valence-electron chi connectivity index (χ1n) is 7.39. The van der Waals surface area contributed by atoms with Crippen LogP contribution in [0.1, 0.15) is 25.8 Å². The van der Waals surface area contributed by atoms with Gasteiger partial charge in [0.15, 0.2) is 0 Å². The van der Waals surface area contributed by atoms with Gasteiger partial charge in [0, 0.05) is 18.7 Å². The minimum Gasteiger partial charge on any atom is -0.493 e. The van der Waals surface area contributed by atoms with Gasteiger partial charge in [-0.05, 0) is 25.5 Å². The Bertz CT molecular complexity index is 525. The predicted octanol–water partition coefficient (Wildman–Crippen LogP) is 2.51. The number of hydrogen-bond donors (Lipinski definition) is 0. The summed E-state index contributed by atoms with van der Waals surface area (Å²) in [5.41, 5.74) is 0.828. The molecule has 0 aliphatic heterocycles. The number of carbonyl (C=O) groups is 2. The standard InChI is InChI=1S/C17H23NO4/c1-4-12-22-15-9-7-6-8-14(15)10-11-16(19)18(3)13-17(20)21-5-2/h6-11H,4-5,12-13H2,1-3H3/b11-10+. The Morgan fingerprint density at radius 1 is 1.23 bits per heavy atom. The predicted molar refractivity (Wildman–Crippen MR) is 85.5 cm³/mol. The van der Waals surface area contributed by atoms with Crippen LogP contribution < -0.4 is 4.74 Å². The SMILES string of the molecule is CCCOc1ccccc1/C=C/C(=O)N(C)CC(=O)OCC. The van der Waals surface area contributed by atoms with E-state index >= 15 is 0 Å². The zero-order chi connectivity index (χ0) is 16.4. The fraction of sp³-hybridized carbons (Fsp3) is 0.412. The van der Waals surface area contributed by atoms with Gasteiger partial charge < -0.3 is 14.4 Å². The van der Waals surface area contributed by atoms with Crippen molar-refractivity contribution in [3.05, 3.63) is 35.9 Å². The minimum atomic E-state index is -0.418. The van der Waals surface area contributed by atoms with Crippen LogP contribution in [0.15, 0.2) is 30.3 Å². The molecule has 1 aromatic carbocycles. The Balaban J connectivity index is 2.67. The third-order valence-corrected chi connectivity index (χ3v) is 2.83. The van der Waals surface area contributed by atoms with Gasteiger partial charge in [0.2, 0.25) is 5.91 Å². The summed E-state index contributed by atoms with van der Waals surface area (Å²) >= 11 is 0. The molecule has 1 aromatic rings. The first-order chi connectivity index (χ1) is 10.6. The molecule has 0 bridgehead atoms. The molecule has 5 heteroatoms. The molecule has 0 atom stereocenters. The molecular formula is C17H23NO4. The van der Waals surface area contributed by atoms with E-state index in [1.54, 1.807) is 20.0 Å². The lowest BCUT2D eigenvalue weighted by atomic mass is 10.2. The summed E-state index contributed by atoms with van der Waals surface area (Å²) in [6.45, 7) is 4.63. The van der Waals surface area contributed by atoms with E-state index in [1.165, 1.54) is 11.0 Å². The van der Waals surface area contributed by atoms with Crippen molar-refractivity contribution in [2.75, 3.05) is 26.8 Å². The lowest BCUT2D eigenvalue weighted by molar-refractivity contribution is -0.146. The maximum absolute atomic E-state index is 12.0. The molecular weight excluding hydrogens is 282 g/mol. The molecule has 1 rings (SSSR count). The smallest absolute Gasteiger partial charge is 0.325 e. The van der Waals surface area contributed by atoms with Crippen molar-refractivity contribution in [3.8, 4) is 5.75 Å². The van der Waals surface area contributed by atoms with Crippen molar-refractivity contribution in [2.45, 2.75) is 20.3 Å². The lowest BCUT2D eigenvalue weighted by Gasteiger charge is -2.13. The molecule has 0 saturated carbocycles. The maximum atomic E-state index is 12.0. The molecule has 1 amide bonds. The number of carbonyl (C=O) groups excluding carboxylic acids is 2. The van der Waals surface area contributed by atoms with Crippen LogP contribution >= 0.6 is 0 Å². The summed E-state index contributed by atoms with van der Waals surface area (Å²) in [5.74, 6) is 0.0539. The van der Waals surface area contributed by atoms with Gasteiger partial charge in [0.25, 0.3) is 0 Å². The van der Waals surface area contributed by atoms with Crippen LogP contribution in [0.2, 0.25) is 0 Å². The van der Waals surface area contributed by atoms with E-state index in [2.05, 4.69) is 0 Å². The van der Waals surface area contributed by atoms with Crippen molar-refractivity contribution in [3.63, 3.8) is 0 Å². The highest BCUT2D eigenvalue weighted by molar-refractivity contribution is 5.93. The zero-order valence-corrected chi connectivity index (χ0v) is 13.4.